The van der Waals surface area contributed by atoms with Crippen LogP contribution >= 0.6 is 0 Å². The summed E-state index contributed by atoms with van der Waals surface area (Å²) in [4.78, 5) is 12.9. The van der Waals surface area contributed by atoms with Crippen molar-refractivity contribution in [2.45, 2.75) is 31.2 Å². The average molecular weight is 397 g/mol. The molecule has 1 aromatic heterocycles. The van der Waals surface area contributed by atoms with E-state index in [2.05, 4.69) is 4.72 Å². The second kappa shape index (κ2) is 9.59. The molecule has 3 aromatic rings. The van der Waals surface area contributed by atoms with Crippen LogP contribution in [0.15, 0.2) is 77.8 Å². The number of para-hydroxylation sites is 1. The Morgan fingerprint density at radius 3 is 2.50 bits per heavy atom. The molecular weight excluding hydrogens is 372 g/mol. The summed E-state index contributed by atoms with van der Waals surface area (Å²) in [6.07, 6.45) is 2.02. The van der Waals surface area contributed by atoms with E-state index in [1.54, 1.807) is 6.92 Å². The van der Waals surface area contributed by atoms with Crippen LogP contribution < -0.4 is 4.72 Å². The SMILES string of the molecule is CCOC(=O)C[C@H](N[S+]([O-])c1ccc(C)cc1)c1cccn1-c1ccccc1. The lowest BCUT2D eigenvalue weighted by Gasteiger charge is -2.21. The van der Waals surface area contributed by atoms with Crippen LogP contribution in [0.1, 0.15) is 30.6 Å². The lowest BCUT2D eigenvalue weighted by atomic mass is 10.1. The lowest BCUT2D eigenvalue weighted by Crippen LogP contribution is -2.32. The van der Waals surface area contributed by atoms with Gasteiger partial charge in [0.1, 0.15) is 6.04 Å². The zero-order chi connectivity index (χ0) is 19.9. The first kappa shape index (κ1) is 20.2. The third kappa shape index (κ3) is 5.04. The van der Waals surface area contributed by atoms with E-state index in [0.29, 0.717) is 11.5 Å². The van der Waals surface area contributed by atoms with Gasteiger partial charge < -0.3 is 13.9 Å². The smallest absolute Gasteiger partial charge is 0.307 e. The van der Waals surface area contributed by atoms with Crippen LogP contribution in [0.3, 0.4) is 0 Å². The standard InChI is InChI=1S/C22H24N2O3S/c1-3-27-22(25)16-20(23-28(26)19-13-11-17(2)12-14-19)21-10-7-15-24(21)18-8-5-4-6-9-18/h4-15,20,23H,3,16H2,1-2H3/t20-,28?/m0/s1. The Bertz CT molecular complexity index is 894. The molecule has 28 heavy (non-hydrogen) atoms. The number of ether oxygens (including phenoxy) is 1. The number of hydrogen-bond donors (Lipinski definition) is 1. The van der Waals surface area contributed by atoms with E-state index in [4.69, 9.17) is 4.74 Å². The number of rotatable bonds is 8. The van der Waals surface area contributed by atoms with Gasteiger partial charge in [0.2, 0.25) is 0 Å². The number of aromatic nitrogens is 1. The number of benzene rings is 2. The van der Waals surface area contributed by atoms with Crippen LogP contribution in [0.2, 0.25) is 0 Å². The molecule has 1 unspecified atom stereocenters. The van der Waals surface area contributed by atoms with Crippen LogP contribution in [0, 0.1) is 6.92 Å². The molecule has 0 aliphatic carbocycles. The van der Waals surface area contributed by atoms with Crippen molar-refractivity contribution in [2.24, 2.45) is 0 Å². The Kier molecular flexibility index (Phi) is 6.92. The van der Waals surface area contributed by atoms with Gasteiger partial charge in [-0.05, 0) is 50.2 Å². The molecule has 1 N–H and O–H groups in total. The highest BCUT2D eigenvalue weighted by molar-refractivity contribution is 7.89. The van der Waals surface area contributed by atoms with Gasteiger partial charge in [-0.3, -0.25) is 4.79 Å². The molecule has 2 aromatic carbocycles. The summed E-state index contributed by atoms with van der Waals surface area (Å²) in [5, 5.41) is 0. The summed E-state index contributed by atoms with van der Waals surface area (Å²) in [7, 11) is 0. The van der Waals surface area contributed by atoms with Crippen molar-refractivity contribution in [1.29, 1.82) is 0 Å². The summed E-state index contributed by atoms with van der Waals surface area (Å²) in [6.45, 7) is 4.07. The van der Waals surface area contributed by atoms with Crippen molar-refractivity contribution in [1.82, 2.24) is 9.29 Å². The molecule has 0 fully saturated rings. The Morgan fingerprint density at radius 2 is 1.82 bits per heavy atom. The van der Waals surface area contributed by atoms with E-state index in [9.17, 15) is 9.35 Å². The summed E-state index contributed by atoms with van der Waals surface area (Å²) < 4.78 is 23.1. The predicted octanol–water partition coefficient (Wildman–Crippen LogP) is 4.09. The molecule has 0 spiro atoms. The predicted molar refractivity (Wildman–Crippen MR) is 110 cm³/mol. The van der Waals surface area contributed by atoms with Gasteiger partial charge in [-0.2, -0.15) is 0 Å². The van der Waals surface area contributed by atoms with Gasteiger partial charge in [-0.25, -0.2) is 0 Å². The molecule has 6 heteroatoms. The number of esters is 1. The molecule has 0 bridgehead atoms. The van der Waals surface area contributed by atoms with Gasteiger partial charge in [-0.15, -0.1) is 4.72 Å². The van der Waals surface area contributed by atoms with Crippen LogP contribution in [-0.2, 0) is 20.9 Å². The van der Waals surface area contributed by atoms with Crippen molar-refractivity contribution in [2.75, 3.05) is 6.61 Å². The van der Waals surface area contributed by atoms with Crippen LogP contribution in [-0.4, -0.2) is 21.7 Å². The van der Waals surface area contributed by atoms with E-state index in [1.165, 1.54) is 0 Å². The first-order chi connectivity index (χ1) is 13.6. The summed E-state index contributed by atoms with van der Waals surface area (Å²) in [6, 6.07) is 20.7. The van der Waals surface area contributed by atoms with Crippen molar-refractivity contribution in [3.63, 3.8) is 0 Å². The molecule has 1 heterocycles. The monoisotopic (exact) mass is 396 g/mol. The van der Waals surface area contributed by atoms with Crippen molar-refractivity contribution >= 4 is 17.3 Å². The molecule has 0 aliphatic heterocycles. The minimum absolute atomic E-state index is 0.0856. The number of carbonyl (C=O) groups is 1. The second-order valence-corrected chi connectivity index (χ2v) is 7.64. The molecule has 0 radical (unpaired) electrons. The minimum Gasteiger partial charge on any atom is -0.593 e. The van der Waals surface area contributed by atoms with Crippen LogP contribution in [0.4, 0.5) is 0 Å². The maximum atomic E-state index is 12.9. The van der Waals surface area contributed by atoms with Gasteiger partial charge in [0.25, 0.3) is 0 Å². The van der Waals surface area contributed by atoms with E-state index in [1.807, 2.05) is 84.4 Å². The van der Waals surface area contributed by atoms with E-state index in [0.717, 1.165) is 16.9 Å². The molecule has 3 rings (SSSR count). The molecular formula is C22H24N2O3S. The second-order valence-electron chi connectivity index (χ2n) is 6.40. The largest absolute Gasteiger partial charge is 0.593 e. The zero-order valence-corrected chi connectivity index (χ0v) is 16.8. The Hall–Kier alpha value is -2.54. The summed E-state index contributed by atoms with van der Waals surface area (Å²) in [5.74, 6) is -0.332. The number of aryl methyl sites for hydroxylation is 1. The van der Waals surface area contributed by atoms with Gasteiger partial charge in [0.15, 0.2) is 4.90 Å². The Balaban J connectivity index is 1.88. The molecule has 0 saturated carbocycles. The number of nitrogens with one attached hydrogen (secondary N) is 1. The van der Waals surface area contributed by atoms with E-state index >= 15 is 0 Å². The molecule has 146 valence electrons. The van der Waals surface area contributed by atoms with E-state index in [-0.39, 0.29) is 12.4 Å². The average Bonchev–Trinajstić information content (AvgIpc) is 3.18. The highest BCUT2D eigenvalue weighted by Gasteiger charge is 2.26. The number of hydrogen-bond acceptors (Lipinski definition) is 4. The van der Waals surface area contributed by atoms with E-state index < -0.39 is 17.4 Å². The Labute approximate surface area is 168 Å². The maximum absolute atomic E-state index is 12.9. The molecule has 2 atom stereocenters. The summed E-state index contributed by atoms with van der Waals surface area (Å²) >= 11 is -1.46. The minimum atomic E-state index is -1.46. The first-order valence-electron chi connectivity index (χ1n) is 9.21. The highest BCUT2D eigenvalue weighted by atomic mass is 32.2. The fraction of sp³-hybridized carbons (Fsp3) is 0.227. The quantitative estimate of drug-likeness (QED) is 0.460. The number of carbonyl (C=O) groups excluding carboxylic acids is 1. The lowest BCUT2D eigenvalue weighted by molar-refractivity contribution is -0.143. The third-order valence-electron chi connectivity index (χ3n) is 4.33. The van der Waals surface area contributed by atoms with Gasteiger partial charge in [0.05, 0.1) is 24.4 Å². The highest BCUT2D eigenvalue weighted by Crippen LogP contribution is 2.24. The first-order valence-corrected chi connectivity index (χ1v) is 10.4. The third-order valence-corrected chi connectivity index (χ3v) is 5.53. The molecule has 0 aliphatic rings. The van der Waals surface area contributed by atoms with Gasteiger partial charge in [-0.1, -0.05) is 35.9 Å². The fourth-order valence-electron chi connectivity index (χ4n) is 2.95. The van der Waals surface area contributed by atoms with Gasteiger partial charge in [0, 0.05) is 17.6 Å². The zero-order valence-electron chi connectivity index (χ0n) is 16.0. The fourth-order valence-corrected chi connectivity index (χ4v) is 3.94. The van der Waals surface area contributed by atoms with Crippen LogP contribution in [0.25, 0.3) is 5.69 Å². The molecule has 5 nitrogen and oxygen atoms in total. The van der Waals surface area contributed by atoms with Crippen molar-refractivity contribution in [3.05, 3.63) is 84.2 Å². The van der Waals surface area contributed by atoms with Crippen molar-refractivity contribution in [3.8, 4) is 5.69 Å². The summed E-state index contributed by atoms with van der Waals surface area (Å²) in [5.41, 5.74) is 2.92. The number of nitrogens with zero attached hydrogens (tertiary/aromatic N) is 1. The van der Waals surface area contributed by atoms with Gasteiger partial charge >= 0.3 is 5.97 Å². The molecule has 0 saturated heterocycles. The normalized spacial score (nSPS) is 13.1. The maximum Gasteiger partial charge on any atom is 0.307 e. The topological polar surface area (TPSA) is 66.3 Å². The van der Waals surface area contributed by atoms with Crippen molar-refractivity contribution < 1.29 is 14.1 Å². The van der Waals surface area contributed by atoms with Crippen LogP contribution in [0.5, 0.6) is 0 Å². The Morgan fingerprint density at radius 1 is 1.11 bits per heavy atom. The molecule has 0 amide bonds.